The van der Waals surface area contributed by atoms with Crippen molar-refractivity contribution in [3.8, 4) is 11.3 Å². The number of para-hydroxylation sites is 1. The number of hydrogen-bond acceptors (Lipinski definition) is 6. The predicted octanol–water partition coefficient (Wildman–Crippen LogP) is 5.81. The topological polar surface area (TPSA) is 81.2 Å². The number of carbonyl (C=O) groups is 2. The van der Waals surface area contributed by atoms with Crippen LogP contribution in [0.2, 0.25) is 0 Å². The second-order valence-corrected chi connectivity index (χ2v) is 7.72. The van der Waals surface area contributed by atoms with Crippen LogP contribution in [0, 0.1) is 0 Å². The van der Waals surface area contributed by atoms with Gasteiger partial charge in [0, 0.05) is 16.3 Å². The molecule has 4 rings (SSSR count). The lowest BCUT2D eigenvalue weighted by Crippen LogP contribution is -2.13. The molecule has 1 amide bonds. The van der Waals surface area contributed by atoms with Crippen molar-refractivity contribution in [2.75, 3.05) is 11.9 Å². The predicted molar refractivity (Wildman–Crippen MR) is 118 cm³/mol. The summed E-state index contributed by atoms with van der Waals surface area (Å²) in [5, 5.41) is 4.95. The fourth-order valence-electron chi connectivity index (χ4n) is 3.14. The third-order valence-electron chi connectivity index (χ3n) is 4.66. The fourth-order valence-corrected chi connectivity index (χ4v) is 3.82. The third kappa shape index (κ3) is 4.85. The molecular weight excluding hydrogens is 455 g/mol. The van der Waals surface area contributed by atoms with Crippen LogP contribution in [0.3, 0.4) is 0 Å². The molecule has 2 aromatic heterocycles. The minimum absolute atomic E-state index is 0.0834. The second kappa shape index (κ2) is 8.99. The Balaban J connectivity index is 1.66. The molecule has 0 saturated carbocycles. The van der Waals surface area contributed by atoms with Gasteiger partial charge in [-0.3, -0.25) is 10.1 Å². The molecule has 0 spiro atoms. The molecule has 0 atom stereocenters. The van der Waals surface area contributed by atoms with E-state index in [1.165, 1.54) is 17.5 Å². The highest BCUT2D eigenvalue weighted by Gasteiger charge is 2.30. The first kappa shape index (κ1) is 22.4. The highest BCUT2D eigenvalue weighted by molar-refractivity contribution is 7.14. The zero-order valence-corrected chi connectivity index (χ0v) is 18.0. The average molecular weight is 471 g/mol. The molecule has 0 aliphatic rings. The third-order valence-corrected chi connectivity index (χ3v) is 5.42. The van der Waals surface area contributed by atoms with Crippen molar-refractivity contribution < 1.29 is 27.5 Å². The number of anilines is 1. The Morgan fingerprint density at radius 3 is 2.61 bits per heavy atom. The first-order chi connectivity index (χ1) is 15.8. The molecule has 0 aliphatic heterocycles. The number of benzene rings is 2. The monoisotopic (exact) mass is 471 g/mol. The fraction of sp³-hybridized carbons (Fsp3) is 0.130. The lowest BCUT2D eigenvalue weighted by molar-refractivity contribution is -0.137. The molecular formula is C23H16F3N3O3S. The number of hydrogen-bond donors (Lipinski definition) is 1. The number of thiazole rings is 1. The van der Waals surface area contributed by atoms with Crippen molar-refractivity contribution in [2.45, 2.75) is 13.1 Å². The standard InChI is InChI=1S/C23H16F3N3O3S/c1-2-32-21(31)18-12-33-22(28-18)29-20(30)16-8-4-5-13-9-10-17(27-19(13)16)14-6-3-7-15(11-14)23(24,25)26/h3-12H,2H2,1H3,(H,28,29,30). The van der Waals surface area contributed by atoms with Gasteiger partial charge in [0.15, 0.2) is 10.8 Å². The van der Waals surface area contributed by atoms with E-state index in [0.717, 1.165) is 23.5 Å². The average Bonchev–Trinajstić information content (AvgIpc) is 3.26. The van der Waals surface area contributed by atoms with Gasteiger partial charge in [-0.1, -0.05) is 30.3 Å². The minimum Gasteiger partial charge on any atom is -0.461 e. The van der Waals surface area contributed by atoms with Crippen molar-refractivity contribution in [2.24, 2.45) is 0 Å². The summed E-state index contributed by atoms with van der Waals surface area (Å²) < 4.78 is 44.2. The Kier molecular flexibility index (Phi) is 6.10. The van der Waals surface area contributed by atoms with Crippen LogP contribution in [-0.4, -0.2) is 28.5 Å². The SMILES string of the molecule is CCOC(=O)c1csc(NC(=O)c2cccc3ccc(-c4cccc(C(F)(F)F)c4)nc23)n1. The Morgan fingerprint density at radius 2 is 1.85 bits per heavy atom. The van der Waals surface area contributed by atoms with E-state index in [4.69, 9.17) is 4.74 Å². The van der Waals surface area contributed by atoms with Gasteiger partial charge >= 0.3 is 12.1 Å². The van der Waals surface area contributed by atoms with E-state index >= 15 is 0 Å². The summed E-state index contributed by atoms with van der Waals surface area (Å²) in [5.74, 6) is -1.11. The van der Waals surface area contributed by atoms with E-state index in [9.17, 15) is 22.8 Å². The van der Waals surface area contributed by atoms with Crippen LogP contribution in [0.15, 0.2) is 60.0 Å². The van der Waals surface area contributed by atoms with Gasteiger partial charge in [0.05, 0.1) is 28.9 Å². The van der Waals surface area contributed by atoms with Crippen molar-refractivity contribution in [3.05, 3.63) is 76.8 Å². The lowest BCUT2D eigenvalue weighted by Gasteiger charge is -2.10. The van der Waals surface area contributed by atoms with Gasteiger partial charge in [0.1, 0.15) is 0 Å². The summed E-state index contributed by atoms with van der Waals surface area (Å²) >= 11 is 1.07. The van der Waals surface area contributed by atoms with E-state index in [2.05, 4.69) is 15.3 Å². The first-order valence-electron chi connectivity index (χ1n) is 9.77. The van der Waals surface area contributed by atoms with Crippen LogP contribution in [-0.2, 0) is 10.9 Å². The Labute approximate surface area is 190 Å². The minimum atomic E-state index is -4.48. The number of pyridine rings is 1. The Bertz CT molecular complexity index is 1350. The van der Waals surface area contributed by atoms with E-state index in [-0.39, 0.29) is 28.6 Å². The van der Waals surface area contributed by atoms with Crippen LogP contribution in [0.25, 0.3) is 22.2 Å². The summed E-state index contributed by atoms with van der Waals surface area (Å²) in [4.78, 5) is 33.2. The van der Waals surface area contributed by atoms with Crippen molar-refractivity contribution >= 4 is 39.2 Å². The summed E-state index contributed by atoms with van der Waals surface area (Å²) in [5.41, 5.74) is 0.420. The van der Waals surface area contributed by atoms with E-state index in [1.54, 1.807) is 37.3 Å². The molecule has 1 N–H and O–H groups in total. The van der Waals surface area contributed by atoms with Gasteiger partial charge < -0.3 is 4.74 Å². The maximum atomic E-state index is 13.1. The molecule has 2 aromatic carbocycles. The van der Waals surface area contributed by atoms with Gasteiger partial charge in [-0.15, -0.1) is 11.3 Å². The van der Waals surface area contributed by atoms with Crippen LogP contribution in [0.4, 0.5) is 18.3 Å². The van der Waals surface area contributed by atoms with E-state index in [1.807, 2.05) is 0 Å². The van der Waals surface area contributed by atoms with Crippen LogP contribution >= 0.6 is 11.3 Å². The molecule has 4 aromatic rings. The normalized spacial score (nSPS) is 11.4. The van der Waals surface area contributed by atoms with Crippen LogP contribution in [0.5, 0.6) is 0 Å². The molecule has 168 valence electrons. The van der Waals surface area contributed by atoms with Crippen molar-refractivity contribution in [1.29, 1.82) is 0 Å². The zero-order valence-electron chi connectivity index (χ0n) is 17.1. The molecule has 0 saturated heterocycles. The summed E-state index contributed by atoms with van der Waals surface area (Å²) in [7, 11) is 0. The number of fused-ring (bicyclic) bond motifs is 1. The molecule has 0 aliphatic carbocycles. The Hall–Kier alpha value is -3.79. The quantitative estimate of drug-likeness (QED) is 0.372. The largest absolute Gasteiger partial charge is 0.461 e. The lowest BCUT2D eigenvalue weighted by atomic mass is 10.0. The van der Waals surface area contributed by atoms with E-state index < -0.39 is 23.6 Å². The highest BCUT2D eigenvalue weighted by Crippen LogP contribution is 2.32. The molecule has 0 unspecified atom stereocenters. The number of amides is 1. The first-order valence-corrected chi connectivity index (χ1v) is 10.7. The number of carbonyl (C=O) groups excluding carboxylic acids is 2. The smallest absolute Gasteiger partial charge is 0.416 e. The molecule has 6 nitrogen and oxygen atoms in total. The zero-order chi connectivity index (χ0) is 23.6. The number of nitrogens with zero attached hydrogens (tertiary/aromatic N) is 2. The molecule has 10 heteroatoms. The van der Waals surface area contributed by atoms with Gasteiger partial charge in [0.2, 0.25) is 0 Å². The maximum absolute atomic E-state index is 13.1. The number of rotatable bonds is 5. The number of aromatic nitrogens is 2. The van der Waals surface area contributed by atoms with Gasteiger partial charge in [-0.2, -0.15) is 13.2 Å². The molecule has 2 heterocycles. The highest BCUT2D eigenvalue weighted by atomic mass is 32.1. The van der Waals surface area contributed by atoms with Gasteiger partial charge in [-0.05, 0) is 31.2 Å². The van der Waals surface area contributed by atoms with Gasteiger partial charge in [-0.25, -0.2) is 14.8 Å². The van der Waals surface area contributed by atoms with E-state index in [0.29, 0.717) is 16.6 Å². The van der Waals surface area contributed by atoms with Crippen molar-refractivity contribution in [3.63, 3.8) is 0 Å². The summed E-state index contributed by atoms with van der Waals surface area (Å²) in [6.45, 7) is 1.88. The number of esters is 1. The molecule has 0 radical (unpaired) electrons. The number of nitrogens with one attached hydrogen (secondary N) is 1. The number of ether oxygens (including phenoxy) is 1. The van der Waals surface area contributed by atoms with Gasteiger partial charge in [0.25, 0.3) is 5.91 Å². The molecule has 0 fully saturated rings. The maximum Gasteiger partial charge on any atom is 0.416 e. The second-order valence-electron chi connectivity index (χ2n) is 6.86. The summed E-state index contributed by atoms with van der Waals surface area (Å²) in [6, 6.07) is 13.1. The van der Waals surface area contributed by atoms with Crippen LogP contribution in [0.1, 0.15) is 33.3 Å². The number of halogens is 3. The molecule has 33 heavy (non-hydrogen) atoms. The number of alkyl halides is 3. The summed E-state index contributed by atoms with van der Waals surface area (Å²) in [6.07, 6.45) is -4.48. The van der Waals surface area contributed by atoms with Crippen molar-refractivity contribution in [1.82, 2.24) is 9.97 Å². The van der Waals surface area contributed by atoms with Crippen LogP contribution < -0.4 is 5.32 Å². The Morgan fingerprint density at radius 1 is 1.06 bits per heavy atom. The molecule has 0 bridgehead atoms.